The fourth-order valence-corrected chi connectivity index (χ4v) is 3.42. The smallest absolute Gasteiger partial charge is 0.265 e. The van der Waals surface area contributed by atoms with Gasteiger partial charge in [-0.25, -0.2) is 0 Å². The summed E-state index contributed by atoms with van der Waals surface area (Å²) in [6, 6.07) is 4.33. The molecular formula is C18H26N2O3. The molecule has 126 valence electrons. The molecule has 5 nitrogen and oxygen atoms in total. The first kappa shape index (κ1) is 16.3. The summed E-state index contributed by atoms with van der Waals surface area (Å²) in [6.07, 6.45) is 3.02. The number of anilines is 1. The number of ether oxygens (including phenoxy) is 2. The number of nitrogens with zero attached hydrogens (tertiary/aromatic N) is 1. The van der Waals surface area contributed by atoms with Crippen molar-refractivity contribution in [2.45, 2.75) is 32.1 Å². The first-order chi connectivity index (χ1) is 11.2. The molecule has 1 N–H and O–H groups in total. The minimum atomic E-state index is 0.0326. The third-order valence-electron chi connectivity index (χ3n) is 4.68. The molecule has 0 spiro atoms. The van der Waals surface area contributed by atoms with E-state index in [1.807, 2.05) is 4.90 Å². The zero-order valence-electron chi connectivity index (χ0n) is 14.1. The van der Waals surface area contributed by atoms with Gasteiger partial charge in [-0.1, -0.05) is 6.92 Å². The van der Waals surface area contributed by atoms with Crippen LogP contribution in [0.1, 0.15) is 36.8 Å². The fraction of sp³-hybridized carbons (Fsp3) is 0.611. The number of amides is 1. The lowest BCUT2D eigenvalue weighted by Crippen LogP contribution is -2.40. The number of hydrogen-bond acceptors (Lipinski definition) is 4. The lowest BCUT2D eigenvalue weighted by molar-refractivity contribution is -0.121. The van der Waals surface area contributed by atoms with E-state index in [4.69, 9.17) is 9.47 Å². The van der Waals surface area contributed by atoms with Crippen molar-refractivity contribution in [1.29, 1.82) is 0 Å². The SMILES string of the molecule is COCCCN1C(=O)COc2cc3c(cc21)C(C)CNCCC3. The number of hydrogen-bond donors (Lipinski definition) is 1. The van der Waals surface area contributed by atoms with Crippen LogP contribution in [0.25, 0.3) is 0 Å². The van der Waals surface area contributed by atoms with E-state index < -0.39 is 0 Å². The molecule has 2 heterocycles. The Hall–Kier alpha value is -1.59. The Balaban J connectivity index is 1.93. The van der Waals surface area contributed by atoms with Gasteiger partial charge in [-0.05, 0) is 55.0 Å². The molecule has 2 aliphatic heterocycles. The lowest BCUT2D eigenvalue weighted by Gasteiger charge is -2.32. The van der Waals surface area contributed by atoms with Crippen LogP contribution in [-0.2, 0) is 16.0 Å². The number of carbonyl (C=O) groups excluding carboxylic acids is 1. The highest BCUT2D eigenvalue weighted by Gasteiger charge is 2.27. The van der Waals surface area contributed by atoms with Crippen LogP contribution < -0.4 is 15.0 Å². The standard InChI is InChI=1S/C18H26N2O3/c1-13-11-19-6-3-5-14-9-17-16(10-15(13)14)20(7-4-8-22-2)18(21)12-23-17/h9-10,13,19H,3-8,11-12H2,1-2H3. The van der Waals surface area contributed by atoms with E-state index in [1.54, 1.807) is 7.11 Å². The minimum absolute atomic E-state index is 0.0326. The van der Waals surface area contributed by atoms with Crippen molar-refractivity contribution in [2.24, 2.45) is 0 Å². The molecule has 0 bridgehead atoms. The van der Waals surface area contributed by atoms with E-state index in [2.05, 4.69) is 24.4 Å². The Morgan fingerprint density at radius 3 is 3.13 bits per heavy atom. The van der Waals surface area contributed by atoms with Crippen LogP contribution in [0.4, 0.5) is 5.69 Å². The van der Waals surface area contributed by atoms with E-state index in [-0.39, 0.29) is 12.5 Å². The molecule has 1 aromatic rings. The second-order valence-corrected chi connectivity index (χ2v) is 6.41. The Kier molecular flexibility index (Phi) is 5.18. The molecule has 0 saturated heterocycles. The van der Waals surface area contributed by atoms with Crippen LogP contribution in [0.2, 0.25) is 0 Å². The van der Waals surface area contributed by atoms with Gasteiger partial charge in [0.25, 0.3) is 5.91 Å². The Labute approximate surface area is 137 Å². The maximum absolute atomic E-state index is 12.3. The maximum Gasteiger partial charge on any atom is 0.265 e. The van der Waals surface area contributed by atoms with Crippen molar-refractivity contribution in [3.63, 3.8) is 0 Å². The molecular weight excluding hydrogens is 292 g/mol. The number of fused-ring (bicyclic) bond motifs is 2. The van der Waals surface area contributed by atoms with Crippen molar-refractivity contribution in [3.8, 4) is 5.75 Å². The minimum Gasteiger partial charge on any atom is -0.482 e. The van der Waals surface area contributed by atoms with Gasteiger partial charge in [-0.3, -0.25) is 4.79 Å². The predicted octanol–water partition coefficient (Wildman–Crippen LogP) is 2.09. The molecule has 5 heteroatoms. The summed E-state index contributed by atoms with van der Waals surface area (Å²) < 4.78 is 10.8. The summed E-state index contributed by atoms with van der Waals surface area (Å²) in [5, 5.41) is 3.49. The second kappa shape index (κ2) is 7.32. The molecule has 0 saturated carbocycles. The normalized spacial score (nSPS) is 21.0. The number of carbonyl (C=O) groups is 1. The van der Waals surface area contributed by atoms with Crippen molar-refractivity contribution >= 4 is 11.6 Å². The largest absolute Gasteiger partial charge is 0.482 e. The summed E-state index contributed by atoms with van der Waals surface area (Å²) in [6.45, 7) is 5.74. The van der Waals surface area contributed by atoms with Crippen LogP contribution in [0.5, 0.6) is 5.75 Å². The molecule has 2 aliphatic rings. The molecule has 1 atom stereocenters. The number of aryl methyl sites for hydroxylation is 1. The predicted molar refractivity (Wildman–Crippen MR) is 90.4 cm³/mol. The van der Waals surface area contributed by atoms with Crippen molar-refractivity contribution in [2.75, 3.05) is 44.9 Å². The summed E-state index contributed by atoms with van der Waals surface area (Å²) in [4.78, 5) is 14.1. The van der Waals surface area contributed by atoms with Gasteiger partial charge in [0.1, 0.15) is 5.75 Å². The van der Waals surface area contributed by atoms with Crippen molar-refractivity contribution in [3.05, 3.63) is 23.3 Å². The van der Waals surface area contributed by atoms with Crippen LogP contribution in [0.3, 0.4) is 0 Å². The van der Waals surface area contributed by atoms with Crippen molar-refractivity contribution in [1.82, 2.24) is 5.32 Å². The zero-order chi connectivity index (χ0) is 16.2. The third kappa shape index (κ3) is 3.51. The highest BCUT2D eigenvalue weighted by atomic mass is 16.5. The Morgan fingerprint density at radius 2 is 2.30 bits per heavy atom. The van der Waals surface area contributed by atoms with Crippen LogP contribution >= 0.6 is 0 Å². The fourth-order valence-electron chi connectivity index (χ4n) is 3.42. The average Bonchev–Trinajstić information content (AvgIpc) is 2.54. The number of nitrogens with one attached hydrogen (secondary N) is 1. The molecule has 1 amide bonds. The average molecular weight is 318 g/mol. The van der Waals surface area contributed by atoms with E-state index in [0.29, 0.717) is 19.1 Å². The van der Waals surface area contributed by atoms with E-state index >= 15 is 0 Å². The van der Waals surface area contributed by atoms with Gasteiger partial charge in [0, 0.05) is 26.8 Å². The maximum atomic E-state index is 12.3. The van der Waals surface area contributed by atoms with Gasteiger partial charge in [0.15, 0.2) is 6.61 Å². The molecule has 0 aromatic heterocycles. The van der Waals surface area contributed by atoms with E-state index in [1.165, 1.54) is 11.1 Å². The number of benzene rings is 1. The monoisotopic (exact) mass is 318 g/mol. The second-order valence-electron chi connectivity index (χ2n) is 6.41. The quantitative estimate of drug-likeness (QED) is 0.864. The van der Waals surface area contributed by atoms with Crippen LogP contribution in [0, 0.1) is 0 Å². The van der Waals surface area contributed by atoms with Crippen molar-refractivity contribution < 1.29 is 14.3 Å². The van der Waals surface area contributed by atoms with Gasteiger partial charge in [-0.2, -0.15) is 0 Å². The summed E-state index contributed by atoms with van der Waals surface area (Å²) in [5.74, 6) is 1.32. The Morgan fingerprint density at radius 1 is 1.43 bits per heavy atom. The van der Waals surface area contributed by atoms with E-state index in [9.17, 15) is 4.79 Å². The van der Waals surface area contributed by atoms with Gasteiger partial charge < -0.3 is 19.7 Å². The molecule has 0 radical (unpaired) electrons. The third-order valence-corrected chi connectivity index (χ3v) is 4.68. The van der Waals surface area contributed by atoms with E-state index in [0.717, 1.165) is 43.8 Å². The van der Waals surface area contributed by atoms with Crippen LogP contribution in [-0.4, -0.2) is 45.9 Å². The summed E-state index contributed by atoms with van der Waals surface area (Å²) >= 11 is 0. The Bertz CT molecular complexity index is 574. The molecule has 0 fully saturated rings. The molecule has 3 rings (SSSR count). The van der Waals surface area contributed by atoms with Gasteiger partial charge >= 0.3 is 0 Å². The molecule has 0 aliphatic carbocycles. The molecule has 1 unspecified atom stereocenters. The first-order valence-electron chi connectivity index (χ1n) is 8.50. The highest BCUT2D eigenvalue weighted by molar-refractivity contribution is 5.98. The topological polar surface area (TPSA) is 50.8 Å². The zero-order valence-corrected chi connectivity index (χ0v) is 14.1. The lowest BCUT2D eigenvalue weighted by atomic mass is 9.90. The summed E-state index contributed by atoms with van der Waals surface area (Å²) in [7, 11) is 1.69. The summed E-state index contributed by atoms with van der Waals surface area (Å²) in [5.41, 5.74) is 3.62. The first-order valence-corrected chi connectivity index (χ1v) is 8.50. The van der Waals surface area contributed by atoms with Gasteiger partial charge in [-0.15, -0.1) is 0 Å². The molecule has 1 aromatic carbocycles. The van der Waals surface area contributed by atoms with Crippen LogP contribution in [0.15, 0.2) is 12.1 Å². The van der Waals surface area contributed by atoms with Gasteiger partial charge in [0.05, 0.1) is 5.69 Å². The molecule has 23 heavy (non-hydrogen) atoms. The number of methoxy groups -OCH3 is 1. The number of rotatable bonds is 4. The van der Waals surface area contributed by atoms with Gasteiger partial charge in [0.2, 0.25) is 0 Å². The highest BCUT2D eigenvalue weighted by Crippen LogP contribution is 2.38.